The molecule has 24 heavy (non-hydrogen) atoms. The maximum atomic E-state index is 12.6. The topological polar surface area (TPSA) is 91.8 Å². The maximum absolute atomic E-state index is 12.6. The second-order valence-corrected chi connectivity index (χ2v) is 5.22. The highest BCUT2D eigenvalue weighted by Gasteiger charge is 2.32. The lowest BCUT2D eigenvalue weighted by Gasteiger charge is -2.23. The van der Waals surface area contributed by atoms with Crippen LogP contribution in [0.25, 0.3) is 0 Å². The number of nitrogens with zero attached hydrogens (tertiary/aromatic N) is 2. The highest BCUT2D eigenvalue weighted by molar-refractivity contribution is 5.92. The number of nitrogens with one attached hydrogen (secondary N) is 1. The minimum absolute atomic E-state index is 0.00188. The molecule has 1 aliphatic rings. The number of rotatable bonds is 5. The molecule has 1 aromatic heterocycles. The Balaban J connectivity index is 1.91. The molecule has 10 heteroatoms. The van der Waals surface area contributed by atoms with Crippen LogP contribution in [0.5, 0.6) is 0 Å². The molecule has 7 nitrogen and oxygen atoms in total. The molecule has 0 radical (unpaired) electrons. The minimum atomic E-state index is -4.50. The third-order valence-electron chi connectivity index (χ3n) is 3.49. The summed E-state index contributed by atoms with van der Waals surface area (Å²) in [7, 11) is 0. The van der Waals surface area contributed by atoms with E-state index >= 15 is 0 Å². The smallest absolute Gasteiger partial charge is 0.416 e. The predicted molar refractivity (Wildman–Crippen MR) is 75.0 cm³/mol. The number of hydrogen-bond acceptors (Lipinski definition) is 5. The monoisotopic (exact) mass is 347 g/mol. The molecule has 2 rings (SSSR count). The largest absolute Gasteiger partial charge is 0.465 e. The molecule has 0 aromatic carbocycles. The van der Waals surface area contributed by atoms with E-state index in [1.807, 2.05) is 0 Å². The summed E-state index contributed by atoms with van der Waals surface area (Å²) in [4.78, 5) is 27.6. The van der Waals surface area contributed by atoms with Crippen LogP contribution in [0.4, 0.5) is 18.0 Å². The molecule has 1 aliphatic heterocycles. The van der Waals surface area contributed by atoms with E-state index in [1.54, 1.807) is 0 Å². The Morgan fingerprint density at radius 2 is 2.21 bits per heavy atom. The summed E-state index contributed by atoms with van der Waals surface area (Å²) in [6, 6.07) is 1.18. The average molecular weight is 347 g/mol. The van der Waals surface area contributed by atoms with Gasteiger partial charge in [0.25, 0.3) is 5.91 Å². The first-order valence-corrected chi connectivity index (χ1v) is 7.14. The van der Waals surface area contributed by atoms with Crippen LogP contribution in [0.2, 0.25) is 0 Å². The third kappa shape index (κ3) is 4.65. The van der Waals surface area contributed by atoms with Gasteiger partial charge in [-0.2, -0.15) is 13.2 Å². The number of alkyl halides is 3. The van der Waals surface area contributed by atoms with Crippen LogP contribution in [0.15, 0.2) is 18.3 Å². The molecular weight excluding hydrogens is 331 g/mol. The van der Waals surface area contributed by atoms with E-state index in [0.29, 0.717) is 24.4 Å². The van der Waals surface area contributed by atoms with Crippen molar-refractivity contribution in [3.8, 4) is 0 Å². The number of carbonyl (C=O) groups excluding carboxylic acids is 1. The molecule has 1 saturated heterocycles. The van der Waals surface area contributed by atoms with E-state index in [0.717, 1.165) is 18.3 Å². The van der Waals surface area contributed by atoms with Gasteiger partial charge in [-0.05, 0) is 25.1 Å². The molecule has 0 saturated carbocycles. The molecule has 1 unspecified atom stereocenters. The Labute approximate surface area is 135 Å². The fourth-order valence-electron chi connectivity index (χ4n) is 2.37. The fourth-order valence-corrected chi connectivity index (χ4v) is 2.37. The summed E-state index contributed by atoms with van der Waals surface area (Å²) in [5.41, 5.74) is -0.867. The van der Waals surface area contributed by atoms with E-state index in [2.05, 4.69) is 10.3 Å². The van der Waals surface area contributed by atoms with Crippen molar-refractivity contribution in [2.45, 2.75) is 25.2 Å². The number of pyridine rings is 1. The number of ether oxygens (including phenoxy) is 1. The lowest BCUT2D eigenvalue weighted by Crippen LogP contribution is -2.46. The van der Waals surface area contributed by atoms with Gasteiger partial charge < -0.3 is 15.2 Å². The summed E-state index contributed by atoms with van der Waals surface area (Å²) < 4.78 is 42.8. The second-order valence-electron chi connectivity index (χ2n) is 5.22. The molecular formula is C14H16F3N3O4. The van der Waals surface area contributed by atoms with E-state index in [-0.39, 0.29) is 12.3 Å². The number of carboxylic acid groups (broad SMARTS) is 1. The van der Waals surface area contributed by atoms with Gasteiger partial charge in [0.15, 0.2) is 0 Å². The summed E-state index contributed by atoms with van der Waals surface area (Å²) in [6.07, 6.45) is -4.37. The van der Waals surface area contributed by atoms with Crippen molar-refractivity contribution in [1.29, 1.82) is 0 Å². The summed E-state index contributed by atoms with van der Waals surface area (Å²) in [5, 5.41) is 12.1. The van der Waals surface area contributed by atoms with Gasteiger partial charge in [0.1, 0.15) is 6.61 Å². The van der Waals surface area contributed by atoms with Crippen molar-refractivity contribution < 1.29 is 32.6 Å². The number of halogens is 3. The SMILES string of the molecule is O=C(O)N(C(=O)COCc1cc(C(F)(F)F)ccn1)C1CCNC1. The first kappa shape index (κ1) is 18.1. The molecule has 2 amide bonds. The van der Waals surface area contributed by atoms with Crippen molar-refractivity contribution in [2.75, 3.05) is 19.7 Å². The van der Waals surface area contributed by atoms with Crippen LogP contribution >= 0.6 is 0 Å². The summed E-state index contributed by atoms with van der Waals surface area (Å²) in [5.74, 6) is -0.761. The van der Waals surface area contributed by atoms with Crippen LogP contribution in [0, 0.1) is 0 Å². The molecule has 2 heterocycles. The predicted octanol–water partition coefficient (Wildman–Crippen LogP) is 1.49. The van der Waals surface area contributed by atoms with E-state index in [9.17, 15) is 22.8 Å². The van der Waals surface area contributed by atoms with Gasteiger partial charge in [-0.1, -0.05) is 0 Å². The minimum Gasteiger partial charge on any atom is -0.465 e. The Morgan fingerprint density at radius 1 is 1.46 bits per heavy atom. The molecule has 1 aromatic rings. The van der Waals surface area contributed by atoms with Crippen molar-refractivity contribution in [3.05, 3.63) is 29.6 Å². The van der Waals surface area contributed by atoms with Gasteiger partial charge in [-0.25, -0.2) is 9.69 Å². The van der Waals surface area contributed by atoms with Crippen molar-refractivity contribution in [3.63, 3.8) is 0 Å². The number of aromatic nitrogens is 1. The standard InChI is InChI=1S/C14H16F3N3O4/c15-14(16,17)9-1-4-19-10(5-9)7-24-8-12(21)20(13(22)23)11-2-3-18-6-11/h1,4-5,11,18H,2-3,6-8H2,(H,22,23). The van der Waals surface area contributed by atoms with Gasteiger partial charge in [0, 0.05) is 12.7 Å². The molecule has 0 aliphatic carbocycles. The van der Waals surface area contributed by atoms with Crippen molar-refractivity contribution in [2.24, 2.45) is 0 Å². The van der Waals surface area contributed by atoms with Gasteiger partial charge in [0.05, 0.1) is 23.9 Å². The quantitative estimate of drug-likeness (QED) is 0.838. The third-order valence-corrected chi connectivity index (χ3v) is 3.49. The Kier molecular flexibility index (Phi) is 5.73. The molecule has 0 spiro atoms. The van der Waals surface area contributed by atoms with Crippen LogP contribution in [-0.4, -0.2) is 52.7 Å². The number of hydrogen-bond donors (Lipinski definition) is 2. The lowest BCUT2D eigenvalue weighted by molar-refractivity contribution is -0.138. The van der Waals surface area contributed by atoms with Crippen LogP contribution in [-0.2, 0) is 22.3 Å². The highest BCUT2D eigenvalue weighted by Crippen LogP contribution is 2.29. The molecule has 132 valence electrons. The normalized spacial score (nSPS) is 17.7. The lowest BCUT2D eigenvalue weighted by atomic mass is 10.2. The number of carbonyl (C=O) groups is 2. The average Bonchev–Trinajstić information content (AvgIpc) is 3.00. The van der Waals surface area contributed by atoms with Gasteiger partial charge in [-0.3, -0.25) is 9.78 Å². The molecule has 1 fully saturated rings. The van der Waals surface area contributed by atoms with Crippen molar-refractivity contribution in [1.82, 2.24) is 15.2 Å². The first-order chi connectivity index (χ1) is 11.3. The number of amides is 2. The van der Waals surface area contributed by atoms with Crippen molar-refractivity contribution >= 4 is 12.0 Å². The zero-order valence-electron chi connectivity index (χ0n) is 12.5. The van der Waals surface area contributed by atoms with Gasteiger partial charge >= 0.3 is 12.3 Å². The molecule has 1 atom stereocenters. The zero-order chi connectivity index (χ0) is 17.7. The van der Waals surface area contributed by atoms with E-state index in [4.69, 9.17) is 9.84 Å². The Bertz CT molecular complexity index is 603. The Hall–Kier alpha value is -2.20. The fraction of sp³-hybridized carbons (Fsp3) is 0.500. The highest BCUT2D eigenvalue weighted by atomic mass is 19.4. The second kappa shape index (κ2) is 7.58. The van der Waals surface area contributed by atoms with Gasteiger partial charge in [-0.15, -0.1) is 0 Å². The van der Waals surface area contributed by atoms with Crippen LogP contribution in [0.3, 0.4) is 0 Å². The first-order valence-electron chi connectivity index (χ1n) is 7.14. The van der Waals surface area contributed by atoms with Crippen LogP contribution < -0.4 is 5.32 Å². The zero-order valence-corrected chi connectivity index (χ0v) is 12.5. The van der Waals surface area contributed by atoms with Crippen LogP contribution in [0.1, 0.15) is 17.7 Å². The Morgan fingerprint density at radius 3 is 2.79 bits per heavy atom. The summed E-state index contributed by atoms with van der Waals surface area (Å²) >= 11 is 0. The van der Waals surface area contributed by atoms with E-state index < -0.39 is 36.4 Å². The summed E-state index contributed by atoms with van der Waals surface area (Å²) in [6.45, 7) is 0.0940. The molecule has 0 bridgehead atoms. The maximum Gasteiger partial charge on any atom is 0.416 e. The van der Waals surface area contributed by atoms with E-state index in [1.165, 1.54) is 0 Å². The number of imide groups is 1. The van der Waals surface area contributed by atoms with Gasteiger partial charge in [0.2, 0.25) is 0 Å². The molecule has 2 N–H and O–H groups in total.